The van der Waals surface area contributed by atoms with Crippen molar-refractivity contribution in [1.82, 2.24) is 9.78 Å². The molecule has 0 saturated carbocycles. The van der Waals surface area contributed by atoms with Crippen molar-refractivity contribution in [2.24, 2.45) is 5.73 Å². The van der Waals surface area contributed by atoms with Crippen LogP contribution >= 0.6 is 0 Å². The quantitative estimate of drug-likeness (QED) is 0.700. The van der Waals surface area contributed by atoms with Crippen LogP contribution in [0.3, 0.4) is 0 Å². The molecule has 72 valence electrons. The lowest BCUT2D eigenvalue weighted by atomic mass is 10.2. The lowest BCUT2D eigenvalue weighted by Gasteiger charge is -2.13. The van der Waals surface area contributed by atoms with E-state index in [0.717, 1.165) is 5.69 Å². The highest BCUT2D eigenvalue weighted by molar-refractivity contribution is 5.78. The van der Waals surface area contributed by atoms with Gasteiger partial charge in [-0.05, 0) is 13.3 Å². The van der Waals surface area contributed by atoms with Crippen molar-refractivity contribution < 1.29 is 4.79 Å². The van der Waals surface area contributed by atoms with Crippen LogP contribution in [0.1, 0.15) is 25.1 Å². The number of carbonyl (C=O) groups is 1. The summed E-state index contributed by atoms with van der Waals surface area (Å²) in [5.74, 6) is -0.381. The molecule has 4 N–H and O–H groups in total. The molecule has 0 aliphatic heterocycles. The van der Waals surface area contributed by atoms with Crippen molar-refractivity contribution in [3.8, 4) is 0 Å². The molecule has 0 aliphatic rings. The second kappa shape index (κ2) is 3.47. The summed E-state index contributed by atoms with van der Waals surface area (Å²) < 4.78 is 1.57. The number of anilines is 1. The maximum atomic E-state index is 11.0. The molecule has 0 bridgehead atoms. The van der Waals surface area contributed by atoms with E-state index in [4.69, 9.17) is 11.5 Å². The van der Waals surface area contributed by atoms with Gasteiger partial charge in [0.15, 0.2) is 0 Å². The van der Waals surface area contributed by atoms with Crippen molar-refractivity contribution in [2.45, 2.75) is 26.3 Å². The lowest BCUT2D eigenvalue weighted by molar-refractivity contribution is -0.121. The van der Waals surface area contributed by atoms with E-state index in [1.54, 1.807) is 4.68 Å². The van der Waals surface area contributed by atoms with E-state index in [1.165, 1.54) is 6.20 Å². The van der Waals surface area contributed by atoms with Gasteiger partial charge in [-0.15, -0.1) is 0 Å². The maximum absolute atomic E-state index is 11.0. The summed E-state index contributed by atoms with van der Waals surface area (Å²) in [6, 6.07) is -0.391. The van der Waals surface area contributed by atoms with E-state index < -0.39 is 6.04 Å². The fourth-order valence-corrected chi connectivity index (χ4v) is 1.25. The first kappa shape index (κ1) is 9.57. The number of nitrogens with two attached hydrogens (primary N) is 2. The maximum Gasteiger partial charge on any atom is 0.242 e. The molecular weight excluding hydrogens is 168 g/mol. The molecule has 1 amide bonds. The van der Waals surface area contributed by atoms with Crippen molar-refractivity contribution in [3.63, 3.8) is 0 Å². The van der Waals surface area contributed by atoms with Gasteiger partial charge < -0.3 is 11.5 Å². The highest BCUT2D eigenvalue weighted by Gasteiger charge is 2.18. The van der Waals surface area contributed by atoms with Gasteiger partial charge in [-0.1, -0.05) is 6.92 Å². The van der Waals surface area contributed by atoms with E-state index >= 15 is 0 Å². The largest absolute Gasteiger partial charge is 0.396 e. The summed E-state index contributed by atoms with van der Waals surface area (Å²) in [5, 5.41) is 4.00. The molecule has 0 aromatic carbocycles. The number of amides is 1. The predicted octanol–water partition coefficient (Wildman–Crippen LogP) is 0.210. The normalized spacial score (nSPS) is 12.8. The van der Waals surface area contributed by atoms with Gasteiger partial charge in [-0.25, -0.2) is 0 Å². The monoisotopic (exact) mass is 182 g/mol. The molecule has 0 spiro atoms. The first-order valence-electron chi connectivity index (χ1n) is 4.16. The number of nitrogen functional groups attached to an aromatic ring is 1. The SMILES string of the molecule is CCC(C(N)=O)n1ncc(N)c1C. The van der Waals surface area contributed by atoms with Gasteiger partial charge in [0, 0.05) is 0 Å². The smallest absolute Gasteiger partial charge is 0.242 e. The lowest BCUT2D eigenvalue weighted by Crippen LogP contribution is -2.27. The average Bonchev–Trinajstić information content (AvgIpc) is 2.37. The molecular formula is C8H14N4O. The van der Waals surface area contributed by atoms with Crippen LogP contribution in [0.5, 0.6) is 0 Å². The van der Waals surface area contributed by atoms with Crippen molar-refractivity contribution >= 4 is 11.6 Å². The zero-order valence-corrected chi connectivity index (χ0v) is 7.82. The molecule has 1 aromatic rings. The topological polar surface area (TPSA) is 86.9 Å². The van der Waals surface area contributed by atoms with Gasteiger partial charge in [0.05, 0.1) is 17.6 Å². The van der Waals surface area contributed by atoms with Crippen molar-refractivity contribution in [2.75, 3.05) is 5.73 Å². The van der Waals surface area contributed by atoms with Gasteiger partial charge in [0.2, 0.25) is 5.91 Å². The number of carbonyl (C=O) groups excluding carboxylic acids is 1. The van der Waals surface area contributed by atoms with Crippen LogP contribution in [0, 0.1) is 6.92 Å². The molecule has 1 aromatic heterocycles. The summed E-state index contributed by atoms with van der Waals surface area (Å²) in [6.07, 6.45) is 2.15. The zero-order valence-electron chi connectivity index (χ0n) is 7.82. The standard InChI is InChI=1S/C8H14N4O/c1-3-7(8(10)13)12-5(2)6(9)4-11-12/h4,7H,3,9H2,1-2H3,(H2,10,13). The van der Waals surface area contributed by atoms with Gasteiger partial charge in [0.1, 0.15) is 6.04 Å². The minimum Gasteiger partial charge on any atom is -0.396 e. The molecule has 1 unspecified atom stereocenters. The van der Waals surface area contributed by atoms with E-state index in [1.807, 2.05) is 13.8 Å². The van der Waals surface area contributed by atoms with Crippen LogP contribution in [0.2, 0.25) is 0 Å². The molecule has 0 radical (unpaired) electrons. The summed E-state index contributed by atoms with van der Waals surface area (Å²) in [7, 11) is 0. The van der Waals surface area contributed by atoms with Gasteiger partial charge >= 0.3 is 0 Å². The minimum absolute atomic E-state index is 0.381. The van der Waals surface area contributed by atoms with Crippen LogP contribution in [-0.4, -0.2) is 15.7 Å². The second-order valence-electron chi connectivity index (χ2n) is 2.96. The molecule has 5 nitrogen and oxygen atoms in total. The number of aromatic nitrogens is 2. The van der Waals surface area contributed by atoms with E-state index in [-0.39, 0.29) is 5.91 Å². The first-order valence-corrected chi connectivity index (χ1v) is 4.16. The fraction of sp³-hybridized carbons (Fsp3) is 0.500. The Balaban J connectivity index is 3.05. The Labute approximate surface area is 76.7 Å². The van der Waals surface area contributed by atoms with Crippen LogP contribution in [0.4, 0.5) is 5.69 Å². The fourth-order valence-electron chi connectivity index (χ4n) is 1.25. The molecule has 1 rings (SSSR count). The Hall–Kier alpha value is -1.52. The number of hydrogen-bond acceptors (Lipinski definition) is 3. The third kappa shape index (κ3) is 1.63. The Kier molecular flexibility index (Phi) is 2.55. The van der Waals surface area contributed by atoms with Crippen molar-refractivity contribution in [3.05, 3.63) is 11.9 Å². The Morgan fingerprint density at radius 2 is 2.38 bits per heavy atom. The molecule has 5 heteroatoms. The third-order valence-corrected chi connectivity index (χ3v) is 2.09. The van der Waals surface area contributed by atoms with Crippen LogP contribution in [0.15, 0.2) is 6.20 Å². The Morgan fingerprint density at radius 3 is 2.69 bits per heavy atom. The van der Waals surface area contributed by atoms with Crippen LogP contribution in [-0.2, 0) is 4.79 Å². The number of nitrogens with zero attached hydrogens (tertiary/aromatic N) is 2. The summed E-state index contributed by atoms with van der Waals surface area (Å²) in [4.78, 5) is 11.0. The number of hydrogen-bond donors (Lipinski definition) is 2. The summed E-state index contributed by atoms with van der Waals surface area (Å²) in [6.45, 7) is 3.70. The van der Waals surface area contributed by atoms with Gasteiger partial charge in [0.25, 0.3) is 0 Å². The highest BCUT2D eigenvalue weighted by Crippen LogP contribution is 2.16. The number of primary amides is 1. The molecule has 0 saturated heterocycles. The summed E-state index contributed by atoms with van der Waals surface area (Å²) in [5.41, 5.74) is 12.2. The third-order valence-electron chi connectivity index (χ3n) is 2.09. The van der Waals surface area contributed by atoms with E-state index in [9.17, 15) is 4.79 Å². The first-order chi connectivity index (χ1) is 6.07. The molecule has 13 heavy (non-hydrogen) atoms. The minimum atomic E-state index is -0.391. The van der Waals surface area contributed by atoms with Crippen LogP contribution < -0.4 is 11.5 Å². The predicted molar refractivity (Wildman–Crippen MR) is 49.9 cm³/mol. The van der Waals surface area contributed by atoms with Crippen molar-refractivity contribution in [1.29, 1.82) is 0 Å². The zero-order chi connectivity index (χ0) is 10.0. The van der Waals surface area contributed by atoms with Gasteiger partial charge in [-0.3, -0.25) is 9.48 Å². The molecule has 1 heterocycles. The highest BCUT2D eigenvalue weighted by atomic mass is 16.1. The van der Waals surface area contributed by atoms with Crippen LogP contribution in [0.25, 0.3) is 0 Å². The molecule has 0 aliphatic carbocycles. The van der Waals surface area contributed by atoms with E-state index in [0.29, 0.717) is 12.1 Å². The van der Waals surface area contributed by atoms with Gasteiger partial charge in [-0.2, -0.15) is 5.10 Å². The average molecular weight is 182 g/mol. The van der Waals surface area contributed by atoms with E-state index in [2.05, 4.69) is 5.10 Å². The number of rotatable bonds is 3. The summed E-state index contributed by atoms with van der Waals surface area (Å²) >= 11 is 0. The molecule has 1 atom stereocenters. The molecule has 0 fully saturated rings. The Morgan fingerprint density at radius 1 is 1.77 bits per heavy atom. The Bertz CT molecular complexity index is 318. The second-order valence-corrected chi connectivity index (χ2v) is 2.96.